The second kappa shape index (κ2) is 7.07. The Bertz CT molecular complexity index is 664. The Kier molecular flexibility index (Phi) is 5.37. The first-order valence-electron chi connectivity index (χ1n) is 7.18. The molecule has 1 saturated carbocycles. The molecule has 2 rings (SSSR count). The topological polar surface area (TPSA) is 79.2 Å². The van der Waals surface area contributed by atoms with Gasteiger partial charge in [-0.3, -0.25) is 4.72 Å². The summed E-state index contributed by atoms with van der Waals surface area (Å²) >= 11 is 0. The number of anilines is 1. The summed E-state index contributed by atoms with van der Waals surface area (Å²) in [4.78, 5) is 0. The monoisotopic (exact) mass is 326 g/mol. The van der Waals surface area contributed by atoms with Crippen molar-refractivity contribution in [3.63, 3.8) is 0 Å². The molecule has 1 unspecified atom stereocenters. The second-order valence-corrected chi connectivity index (χ2v) is 7.28. The molecule has 7 heteroatoms. The molecule has 1 aliphatic carbocycles. The first-order chi connectivity index (χ1) is 10.4. The molecule has 1 N–H and O–H groups in total. The van der Waals surface area contributed by atoms with Crippen molar-refractivity contribution in [3.05, 3.63) is 29.6 Å². The summed E-state index contributed by atoms with van der Waals surface area (Å²) in [7, 11) is -2.26. The maximum atomic E-state index is 13.7. The molecule has 0 amide bonds. The molecule has 0 aromatic heterocycles. The minimum atomic E-state index is -3.76. The van der Waals surface area contributed by atoms with Crippen LogP contribution >= 0.6 is 0 Å². The number of rotatable bonds is 6. The highest BCUT2D eigenvalue weighted by Crippen LogP contribution is 2.30. The van der Waals surface area contributed by atoms with Crippen LogP contribution in [0.1, 0.15) is 31.2 Å². The van der Waals surface area contributed by atoms with Crippen molar-refractivity contribution in [1.82, 2.24) is 0 Å². The third-order valence-electron chi connectivity index (χ3n) is 3.97. The molecule has 0 spiro atoms. The third-order valence-corrected chi connectivity index (χ3v) is 5.27. The second-order valence-electron chi connectivity index (χ2n) is 5.51. The minimum Gasteiger partial charge on any atom is -0.380 e. The molecule has 22 heavy (non-hydrogen) atoms. The van der Waals surface area contributed by atoms with Crippen LogP contribution in [-0.2, 0) is 14.8 Å². The van der Waals surface area contributed by atoms with Crippen LogP contribution in [0.3, 0.4) is 0 Å². The zero-order valence-corrected chi connectivity index (χ0v) is 13.2. The third kappa shape index (κ3) is 4.18. The highest BCUT2D eigenvalue weighted by molar-refractivity contribution is 7.92. The zero-order valence-electron chi connectivity index (χ0n) is 12.4. The van der Waals surface area contributed by atoms with Gasteiger partial charge in [-0.2, -0.15) is 5.26 Å². The SMILES string of the molecule is COC(CS(=O)(=O)Nc1cc(C#N)ccc1F)C1CCCC1. The minimum absolute atomic E-state index is 0.193. The fourth-order valence-electron chi connectivity index (χ4n) is 2.82. The van der Waals surface area contributed by atoms with Gasteiger partial charge in [-0.05, 0) is 37.0 Å². The van der Waals surface area contributed by atoms with E-state index in [0.29, 0.717) is 0 Å². The van der Waals surface area contributed by atoms with Gasteiger partial charge in [0.2, 0.25) is 10.0 Å². The van der Waals surface area contributed by atoms with E-state index in [-0.39, 0.29) is 22.9 Å². The number of nitriles is 1. The average molecular weight is 326 g/mol. The summed E-state index contributed by atoms with van der Waals surface area (Å²) in [5, 5.41) is 8.81. The predicted molar refractivity (Wildman–Crippen MR) is 81.3 cm³/mol. The largest absolute Gasteiger partial charge is 0.380 e. The average Bonchev–Trinajstić information content (AvgIpc) is 3.01. The van der Waals surface area contributed by atoms with Gasteiger partial charge in [-0.1, -0.05) is 12.8 Å². The number of halogens is 1. The molecular formula is C15H19FN2O3S. The van der Waals surface area contributed by atoms with Crippen molar-refractivity contribution < 1.29 is 17.5 Å². The van der Waals surface area contributed by atoms with Gasteiger partial charge in [0, 0.05) is 7.11 Å². The van der Waals surface area contributed by atoms with Gasteiger partial charge in [0.05, 0.1) is 29.2 Å². The molecule has 0 radical (unpaired) electrons. The summed E-state index contributed by atoms with van der Waals surface area (Å²) in [6, 6.07) is 5.40. The number of ether oxygens (including phenoxy) is 1. The van der Waals surface area contributed by atoms with Gasteiger partial charge >= 0.3 is 0 Å². The summed E-state index contributed by atoms with van der Waals surface area (Å²) in [6.45, 7) is 0. The maximum absolute atomic E-state index is 13.7. The number of benzene rings is 1. The molecule has 0 heterocycles. The lowest BCUT2D eigenvalue weighted by Gasteiger charge is -2.22. The van der Waals surface area contributed by atoms with E-state index < -0.39 is 21.9 Å². The van der Waals surface area contributed by atoms with E-state index in [0.717, 1.165) is 31.7 Å². The molecule has 120 valence electrons. The van der Waals surface area contributed by atoms with Gasteiger partial charge < -0.3 is 4.74 Å². The maximum Gasteiger partial charge on any atom is 0.235 e. The highest BCUT2D eigenvalue weighted by atomic mass is 32.2. The lowest BCUT2D eigenvalue weighted by molar-refractivity contribution is 0.0718. The highest BCUT2D eigenvalue weighted by Gasteiger charge is 2.29. The van der Waals surface area contributed by atoms with Crippen LogP contribution in [-0.4, -0.2) is 27.4 Å². The molecule has 1 aromatic carbocycles. The molecule has 1 aliphatic rings. The first-order valence-corrected chi connectivity index (χ1v) is 8.83. The molecule has 0 bridgehead atoms. The number of nitrogens with one attached hydrogen (secondary N) is 1. The molecular weight excluding hydrogens is 307 g/mol. The van der Waals surface area contributed by atoms with E-state index in [1.54, 1.807) is 0 Å². The number of methoxy groups -OCH3 is 1. The van der Waals surface area contributed by atoms with Crippen LogP contribution in [0.15, 0.2) is 18.2 Å². The zero-order chi connectivity index (χ0) is 16.2. The van der Waals surface area contributed by atoms with Crippen molar-refractivity contribution in [2.75, 3.05) is 17.6 Å². The normalized spacial score (nSPS) is 17.1. The Morgan fingerprint density at radius 3 is 2.73 bits per heavy atom. The summed E-state index contributed by atoms with van der Waals surface area (Å²) in [5.74, 6) is -0.709. The van der Waals surface area contributed by atoms with Crippen molar-refractivity contribution in [3.8, 4) is 6.07 Å². The number of hydrogen-bond acceptors (Lipinski definition) is 4. The molecule has 1 atom stereocenters. The van der Waals surface area contributed by atoms with Crippen LogP contribution in [0.4, 0.5) is 10.1 Å². The van der Waals surface area contributed by atoms with Crippen molar-refractivity contribution in [1.29, 1.82) is 5.26 Å². The Hall–Kier alpha value is -1.65. The van der Waals surface area contributed by atoms with Crippen molar-refractivity contribution >= 4 is 15.7 Å². The Morgan fingerprint density at radius 1 is 1.45 bits per heavy atom. The van der Waals surface area contributed by atoms with Gasteiger partial charge in [0.25, 0.3) is 0 Å². The molecule has 0 aliphatic heterocycles. The summed E-state index contributed by atoms with van der Waals surface area (Å²) in [6.07, 6.45) is 3.66. The molecule has 1 aromatic rings. The smallest absolute Gasteiger partial charge is 0.235 e. The fraction of sp³-hybridized carbons (Fsp3) is 0.533. The van der Waals surface area contributed by atoms with Gasteiger partial charge in [-0.25, -0.2) is 12.8 Å². The number of hydrogen-bond donors (Lipinski definition) is 1. The van der Waals surface area contributed by atoms with E-state index in [4.69, 9.17) is 10.00 Å². The van der Waals surface area contributed by atoms with Crippen LogP contribution in [0.2, 0.25) is 0 Å². The quantitative estimate of drug-likeness (QED) is 0.871. The lowest BCUT2D eigenvalue weighted by Crippen LogP contribution is -2.32. The molecule has 0 saturated heterocycles. The standard InChI is InChI=1S/C15H19FN2O3S/c1-21-15(12-4-2-3-5-12)10-22(19,20)18-14-8-11(9-17)6-7-13(14)16/h6-8,12,15,18H,2-5,10H2,1H3. The van der Waals surface area contributed by atoms with Crippen LogP contribution in [0.5, 0.6) is 0 Å². The number of sulfonamides is 1. The Balaban J connectivity index is 2.12. The van der Waals surface area contributed by atoms with Gasteiger partial charge in [0.1, 0.15) is 5.82 Å². The summed E-state index contributed by atoms with van der Waals surface area (Å²) in [5.41, 5.74) is -0.0153. The Morgan fingerprint density at radius 2 is 2.14 bits per heavy atom. The molecule has 1 fully saturated rings. The van der Waals surface area contributed by atoms with Gasteiger partial charge in [-0.15, -0.1) is 0 Å². The van der Waals surface area contributed by atoms with Crippen LogP contribution in [0.25, 0.3) is 0 Å². The van der Waals surface area contributed by atoms with Crippen molar-refractivity contribution in [2.24, 2.45) is 5.92 Å². The Labute approximate surface area is 130 Å². The van der Waals surface area contributed by atoms with E-state index in [1.165, 1.54) is 19.2 Å². The van der Waals surface area contributed by atoms with E-state index in [9.17, 15) is 12.8 Å². The van der Waals surface area contributed by atoms with Crippen LogP contribution in [0, 0.1) is 23.1 Å². The van der Waals surface area contributed by atoms with Crippen molar-refractivity contribution in [2.45, 2.75) is 31.8 Å². The van der Waals surface area contributed by atoms with E-state index in [2.05, 4.69) is 4.72 Å². The number of nitrogens with zero attached hydrogens (tertiary/aromatic N) is 1. The summed E-state index contributed by atoms with van der Waals surface area (Å²) < 4.78 is 45.7. The lowest BCUT2D eigenvalue weighted by atomic mass is 10.0. The first kappa shape index (κ1) is 16.7. The fourth-order valence-corrected chi connectivity index (χ4v) is 4.24. The van der Waals surface area contributed by atoms with Gasteiger partial charge in [0.15, 0.2) is 0 Å². The van der Waals surface area contributed by atoms with E-state index in [1.807, 2.05) is 6.07 Å². The predicted octanol–water partition coefficient (Wildman–Crippen LogP) is 2.64. The van der Waals surface area contributed by atoms with E-state index >= 15 is 0 Å². The molecule has 5 nitrogen and oxygen atoms in total. The van der Waals surface area contributed by atoms with Crippen LogP contribution < -0.4 is 4.72 Å².